The first-order valence-electron chi connectivity index (χ1n) is 9.82. The predicted octanol–water partition coefficient (Wildman–Crippen LogP) is 5.93. The Labute approximate surface area is 209 Å². The SMILES string of the molecule is COc1cc(C=C(C#N)C(=O)Nc2ccc(Cl)cc2)c(Br)cc1OCc1ccc(C(=O)O)cc1. The number of carboxylic acid groups (broad SMARTS) is 1. The lowest BCUT2D eigenvalue weighted by Gasteiger charge is -2.13. The maximum absolute atomic E-state index is 12.5. The molecule has 0 aliphatic carbocycles. The number of ether oxygens (including phenoxy) is 2. The van der Waals surface area contributed by atoms with Gasteiger partial charge in [0.15, 0.2) is 11.5 Å². The molecule has 0 bridgehead atoms. The first-order chi connectivity index (χ1) is 16.3. The van der Waals surface area contributed by atoms with E-state index in [2.05, 4.69) is 21.2 Å². The van der Waals surface area contributed by atoms with Gasteiger partial charge in [0.2, 0.25) is 0 Å². The van der Waals surface area contributed by atoms with Gasteiger partial charge in [-0.25, -0.2) is 4.79 Å². The summed E-state index contributed by atoms with van der Waals surface area (Å²) in [5.41, 5.74) is 1.90. The van der Waals surface area contributed by atoms with Crippen molar-refractivity contribution in [2.45, 2.75) is 6.61 Å². The third-order valence-electron chi connectivity index (χ3n) is 4.65. The lowest BCUT2D eigenvalue weighted by Crippen LogP contribution is -2.13. The number of halogens is 2. The van der Waals surface area contributed by atoms with Gasteiger partial charge in [-0.1, -0.05) is 39.7 Å². The lowest BCUT2D eigenvalue weighted by molar-refractivity contribution is -0.112. The Balaban J connectivity index is 1.78. The molecule has 0 aliphatic rings. The van der Waals surface area contributed by atoms with Crippen LogP contribution in [0.5, 0.6) is 11.5 Å². The minimum atomic E-state index is -1.000. The summed E-state index contributed by atoms with van der Waals surface area (Å²) in [5.74, 6) is -0.744. The predicted molar refractivity (Wildman–Crippen MR) is 132 cm³/mol. The molecule has 7 nitrogen and oxygen atoms in total. The number of methoxy groups -OCH3 is 1. The van der Waals surface area contributed by atoms with Gasteiger partial charge in [-0.15, -0.1) is 0 Å². The van der Waals surface area contributed by atoms with E-state index >= 15 is 0 Å². The van der Waals surface area contributed by atoms with Crippen molar-refractivity contribution in [1.29, 1.82) is 5.26 Å². The number of carbonyl (C=O) groups excluding carboxylic acids is 1. The molecular formula is C25H18BrClN2O5. The Morgan fingerprint density at radius 3 is 2.38 bits per heavy atom. The van der Waals surface area contributed by atoms with Crippen LogP contribution in [-0.2, 0) is 11.4 Å². The highest BCUT2D eigenvalue weighted by molar-refractivity contribution is 9.10. The Bertz CT molecular complexity index is 1280. The van der Waals surface area contributed by atoms with Gasteiger partial charge in [0.25, 0.3) is 5.91 Å². The zero-order valence-electron chi connectivity index (χ0n) is 17.8. The van der Waals surface area contributed by atoms with E-state index in [0.717, 1.165) is 5.56 Å². The van der Waals surface area contributed by atoms with Crippen LogP contribution >= 0.6 is 27.5 Å². The molecule has 0 radical (unpaired) electrons. The van der Waals surface area contributed by atoms with Crippen LogP contribution in [0, 0.1) is 11.3 Å². The molecule has 0 heterocycles. The molecule has 172 valence electrons. The second-order valence-electron chi connectivity index (χ2n) is 6.95. The fourth-order valence-electron chi connectivity index (χ4n) is 2.87. The van der Waals surface area contributed by atoms with Gasteiger partial charge in [-0.2, -0.15) is 5.26 Å². The fraction of sp³-hybridized carbons (Fsp3) is 0.0800. The van der Waals surface area contributed by atoms with E-state index < -0.39 is 11.9 Å². The Morgan fingerprint density at radius 2 is 1.79 bits per heavy atom. The van der Waals surface area contributed by atoms with E-state index in [1.807, 2.05) is 6.07 Å². The number of benzene rings is 3. The molecule has 0 unspecified atom stereocenters. The summed E-state index contributed by atoms with van der Waals surface area (Å²) in [6.45, 7) is 0.185. The summed E-state index contributed by atoms with van der Waals surface area (Å²) in [6.07, 6.45) is 1.44. The number of nitrogens with one attached hydrogen (secondary N) is 1. The van der Waals surface area contributed by atoms with Crippen LogP contribution in [-0.4, -0.2) is 24.1 Å². The molecule has 0 atom stereocenters. The summed E-state index contributed by atoms with van der Waals surface area (Å²) in [6, 6.07) is 18.1. The van der Waals surface area contributed by atoms with Crippen molar-refractivity contribution in [2.75, 3.05) is 12.4 Å². The number of rotatable bonds is 8. The average molecular weight is 542 g/mol. The lowest BCUT2D eigenvalue weighted by atomic mass is 10.1. The van der Waals surface area contributed by atoms with Crippen LogP contribution in [0.1, 0.15) is 21.5 Å². The quantitative estimate of drug-likeness (QED) is 0.270. The van der Waals surface area contributed by atoms with Crippen LogP contribution in [0.2, 0.25) is 5.02 Å². The normalized spacial score (nSPS) is 10.8. The number of anilines is 1. The van der Waals surface area contributed by atoms with E-state index in [1.54, 1.807) is 48.5 Å². The van der Waals surface area contributed by atoms with Crippen molar-refractivity contribution in [2.24, 2.45) is 0 Å². The number of aromatic carboxylic acids is 1. The Kier molecular flexibility index (Phi) is 8.30. The van der Waals surface area contributed by atoms with Gasteiger partial charge in [-0.3, -0.25) is 4.79 Å². The summed E-state index contributed by atoms with van der Waals surface area (Å²) in [5, 5.41) is 21.7. The van der Waals surface area contributed by atoms with E-state index in [4.69, 9.17) is 26.2 Å². The van der Waals surface area contributed by atoms with Crippen molar-refractivity contribution in [1.82, 2.24) is 0 Å². The van der Waals surface area contributed by atoms with Crippen LogP contribution in [0.25, 0.3) is 6.08 Å². The summed E-state index contributed by atoms with van der Waals surface area (Å²) < 4.78 is 11.8. The number of amides is 1. The molecule has 3 rings (SSSR count). The molecule has 34 heavy (non-hydrogen) atoms. The maximum Gasteiger partial charge on any atom is 0.335 e. The zero-order valence-corrected chi connectivity index (χ0v) is 20.2. The van der Waals surface area contributed by atoms with Crippen LogP contribution in [0.4, 0.5) is 5.69 Å². The molecule has 0 saturated carbocycles. The minimum absolute atomic E-state index is 0.107. The number of nitrogens with zero attached hydrogens (tertiary/aromatic N) is 1. The average Bonchev–Trinajstić information content (AvgIpc) is 2.83. The Hall–Kier alpha value is -3.80. The van der Waals surface area contributed by atoms with E-state index in [9.17, 15) is 14.9 Å². The van der Waals surface area contributed by atoms with Crippen LogP contribution < -0.4 is 14.8 Å². The first-order valence-corrected chi connectivity index (χ1v) is 11.0. The number of hydrogen-bond donors (Lipinski definition) is 2. The van der Waals surface area contributed by atoms with Crippen molar-refractivity contribution in [3.63, 3.8) is 0 Å². The van der Waals surface area contributed by atoms with Crippen LogP contribution in [0.3, 0.4) is 0 Å². The van der Waals surface area contributed by atoms with E-state index in [1.165, 1.54) is 25.3 Å². The van der Waals surface area contributed by atoms with Crippen molar-refractivity contribution in [3.8, 4) is 17.6 Å². The molecule has 3 aromatic carbocycles. The maximum atomic E-state index is 12.5. The molecule has 0 spiro atoms. The van der Waals surface area contributed by atoms with E-state index in [0.29, 0.717) is 32.2 Å². The molecular weight excluding hydrogens is 524 g/mol. The summed E-state index contributed by atoms with van der Waals surface area (Å²) in [4.78, 5) is 23.5. The minimum Gasteiger partial charge on any atom is -0.493 e. The first kappa shape index (κ1) is 24.8. The summed E-state index contributed by atoms with van der Waals surface area (Å²) in [7, 11) is 1.48. The van der Waals surface area contributed by atoms with Crippen LogP contribution in [0.15, 0.2) is 70.7 Å². The molecule has 1 amide bonds. The molecule has 9 heteroatoms. The smallest absolute Gasteiger partial charge is 0.335 e. The third kappa shape index (κ3) is 6.38. The standard InChI is InChI=1S/C25H18BrClN2O5/c1-33-22-11-17(10-18(13-28)24(30)29-20-8-6-19(27)7-9-20)21(26)12-23(22)34-14-15-2-4-16(5-3-15)25(31)32/h2-12H,14H2,1H3,(H,29,30)(H,31,32). The summed E-state index contributed by atoms with van der Waals surface area (Å²) >= 11 is 9.30. The second-order valence-corrected chi connectivity index (χ2v) is 8.24. The molecule has 2 N–H and O–H groups in total. The third-order valence-corrected chi connectivity index (χ3v) is 5.58. The number of carboxylic acids is 1. The number of carbonyl (C=O) groups is 2. The zero-order chi connectivity index (χ0) is 24.7. The molecule has 3 aromatic rings. The number of nitriles is 1. The molecule has 0 aromatic heterocycles. The van der Waals surface area contributed by atoms with Gasteiger partial charge in [0.05, 0.1) is 12.7 Å². The monoisotopic (exact) mass is 540 g/mol. The molecule has 0 aliphatic heterocycles. The van der Waals surface area contributed by atoms with Gasteiger partial charge >= 0.3 is 5.97 Å². The van der Waals surface area contributed by atoms with Gasteiger partial charge < -0.3 is 19.9 Å². The second kappa shape index (κ2) is 11.4. The topological polar surface area (TPSA) is 109 Å². The molecule has 0 saturated heterocycles. The highest BCUT2D eigenvalue weighted by Crippen LogP contribution is 2.35. The Morgan fingerprint density at radius 1 is 1.12 bits per heavy atom. The van der Waals surface area contributed by atoms with Crippen molar-refractivity contribution >= 4 is 51.2 Å². The van der Waals surface area contributed by atoms with Gasteiger partial charge in [0, 0.05) is 15.2 Å². The fourth-order valence-corrected chi connectivity index (χ4v) is 3.44. The molecule has 0 fully saturated rings. The van der Waals surface area contributed by atoms with Gasteiger partial charge in [0.1, 0.15) is 18.2 Å². The van der Waals surface area contributed by atoms with Gasteiger partial charge in [-0.05, 0) is 65.7 Å². The highest BCUT2D eigenvalue weighted by Gasteiger charge is 2.14. The van der Waals surface area contributed by atoms with E-state index in [-0.39, 0.29) is 17.7 Å². The van der Waals surface area contributed by atoms with Crippen molar-refractivity contribution < 1.29 is 24.2 Å². The largest absolute Gasteiger partial charge is 0.493 e. The highest BCUT2D eigenvalue weighted by atomic mass is 79.9. The number of hydrogen-bond acceptors (Lipinski definition) is 5. The van der Waals surface area contributed by atoms with Crippen molar-refractivity contribution in [3.05, 3.63) is 92.4 Å².